The summed E-state index contributed by atoms with van der Waals surface area (Å²) in [6.45, 7) is 0. The zero-order chi connectivity index (χ0) is 40.3. The molecule has 10 aromatic carbocycles. The van der Waals surface area contributed by atoms with Gasteiger partial charge in [-0.25, -0.2) is 9.97 Å². The van der Waals surface area contributed by atoms with E-state index in [9.17, 15) is 0 Å². The molecule has 0 spiro atoms. The van der Waals surface area contributed by atoms with Crippen molar-refractivity contribution in [1.82, 2.24) is 9.97 Å². The molecule has 0 aliphatic heterocycles. The number of rotatable bonds is 6. The Hall–Kier alpha value is -7.94. The van der Waals surface area contributed by atoms with Crippen molar-refractivity contribution in [3.05, 3.63) is 253 Å². The third-order valence-corrected chi connectivity index (χ3v) is 12.8. The van der Waals surface area contributed by atoms with Gasteiger partial charge < -0.3 is 0 Å². The maximum Gasteiger partial charge on any atom is 0.161 e. The monoisotopic (exact) mass is 774 g/mol. The van der Waals surface area contributed by atoms with Crippen molar-refractivity contribution in [2.24, 2.45) is 0 Å². The molecule has 12 rings (SSSR count). The average molecular weight is 775 g/mol. The summed E-state index contributed by atoms with van der Waals surface area (Å²) < 4.78 is 0. The molecule has 0 radical (unpaired) electrons. The Morgan fingerprint density at radius 1 is 0.295 bits per heavy atom. The van der Waals surface area contributed by atoms with Crippen molar-refractivity contribution < 1.29 is 0 Å². The molecule has 0 unspecified atom stereocenters. The largest absolute Gasteiger partial charge is 0.228 e. The Balaban J connectivity index is 1.08. The van der Waals surface area contributed by atoms with Crippen molar-refractivity contribution in [2.45, 2.75) is 5.41 Å². The van der Waals surface area contributed by atoms with Crippen LogP contribution in [0.3, 0.4) is 0 Å². The Morgan fingerprint density at radius 2 is 0.836 bits per heavy atom. The van der Waals surface area contributed by atoms with Gasteiger partial charge in [-0.1, -0.05) is 212 Å². The van der Waals surface area contributed by atoms with E-state index in [0.29, 0.717) is 5.82 Å². The zero-order valence-corrected chi connectivity index (χ0v) is 33.3. The van der Waals surface area contributed by atoms with Gasteiger partial charge in [0.25, 0.3) is 0 Å². The number of benzene rings is 10. The second-order valence-corrected chi connectivity index (χ2v) is 16.0. The van der Waals surface area contributed by atoms with Gasteiger partial charge in [0.05, 0.1) is 16.8 Å². The fraction of sp³-hybridized carbons (Fsp3) is 0.0169. The Kier molecular flexibility index (Phi) is 8.11. The van der Waals surface area contributed by atoms with Crippen LogP contribution in [0.15, 0.2) is 231 Å². The fourth-order valence-corrected chi connectivity index (χ4v) is 10.1. The fourth-order valence-electron chi connectivity index (χ4n) is 10.1. The van der Waals surface area contributed by atoms with Crippen LogP contribution in [0, 0.1) is 0 Å². The predicted molar refractivity (Wildman–Crippen MR) is 254 cm³/mol. The maximum atomic E-state index is 5.37. The Morgan fingerprint density at radius 3 is 1.56 bits per heavy atom. The molecular formula is C59H38N2. The number of hydrogen-bond donors (Lipinski definition) is 0. The second kappa shape index (κ2) is 14.1. The average Bonchev–Trinajstić information content (AvgIpc) is 3.65. The standard InChI is InChI=1S/C59H38N2/c1-4-19-41(20-5-1)55-38-56(50-30-16-21-39-17-10-12-26-45(39)50)61-58(60-55)51-34-33-46(48-28-14-15-29-49(48)51)42-32-35-53-52(37-42)57-47-27-13-11-18-40(47)31-36-54(57)59(53,43-22-6-2-7-23-43)44-24-8-3-9-25-44/h1-38H. The topological polar surface area (TPSA) is 25.8 Å². The first kappa shape index (κ1) is 35.0. The third-order valence-electron chi connectivity index (χ3n) is 12.8. The van der Waals surface area contributed by atoms with Gasteiger partial charge in [0.1, 0.15) is 0 Å². The van der Waals surface area contributed by atoms with Crippen LogP contribution in [-0.4, -0.2) is 9.97 Å². The van der Waals surface area contributed by atoms with Gasteiger partial charge in [-0.05, 0) is 95.0 Å². The van der Waals surface area contributed by atoms with Gasteiger partial charge in [0, 0.05) is 16.7 Å². The third kappa shape index (κ3) is 5.50. The Bertz CT molecular complexity index is 3420. The smallest absolute Gasteiger partial charge is 0.161 e. The lowest BCUT2D eigenvalue weighted by atomic mass is 9.67. The zero-order valence-electron chi connectivity index (χ0n) is 33.3. The van der Waals surface area contributed by atoms with Gasteiger partial charge in [-0.15, -0.1) is 0 Å². The lowest BCUT2D eigenvalue weighted by Crippen LogP contribution is -2.28. The van der Waals surface area contributed by atoms with Gasteiger partial charge in [-0.2, -0.15) is 0 Å². The first-order chi connectivity index (χ1) is 30.3. The van der Waals surface area contributed by atoms with Gasteiger partial charge in [0.2, 0.25) is 0 Å². The number of nitrogens with zero attached hydrogens (tertiary/aromatic N) is 2. The molecule has 0 amide bonds. The SMILES string of the molecule is c1ccc(-c2cc(-c3cccc4ccccc34)nc(-c3ccc(-c4ccc5c(c4)-c4c(ccc6ccccc46)C5(c4ccccc4)c4ccccc4)c4ccccc34)n2)cc1. The van der Waals surface area contributed by atoms with Crippen LogP contribution in [0.2, 0.25) is 0 Å². The number of aromatic nitrogens is 2. The summed E-state index contributed by atoms with van der Waals surface area (Å²) in [5.74, 6) is 0.705. The van der Waals surface area contributed by atoms with Gasteiger partial charge in [0.15, 0.2) is 5.82 Å². The summed E-state index contributed by atoms with van der Waals surface area (Å²) in [5, 5.41) is 7.14. The predicted octanol–water partition coefficient (Wildman–Crippen LogP) is 15.0. The minimum Gasteiger partial charge on any atom is -0.228 e. The van der Waals surface area contributed by atoms with Crippen LogP contribution in [0.25, 0.3) is 88.5 Å². The minimum atomic E-state index is -0.482. The van der Waals surface area contributed by atoms with E-state index in [4.69, 9.17) is 9.97 Å². The second-order valence-electron chi connectivity index (χ2n) is 16.0. The van der Waals surface area contributed by atoms with E-state index in [1.807, 2.05) is 6.07 Å². The molecule has 1 aromatic heterocycles. The minimum absolute atomic E-state index is 0.482. The van der Waals surface area contributed by atoms with Crippen LogP contribution < -0.4 is 0 Å². The molecule has 61 heavy (non-hydrogen) atoms. The molecule has 2 heteroatoms. The highest BCUT2D eigenvalue weighted by atomic mass is 14.9. The van der Waals surface area contributed by atoms with E-state index >= 15 is 0 Å². The highest BCUT2D eigenvalue weighted by molar-refractivity contribution is 6.08. The first-order valence-electron chi connectivity index (χ1n) is 21.0. The van der Waals surface area contributed by atoms with E-state index in [2.05, 4.69) is 224 Å². The molecule has 1 aliphatic rings. The lowest BCUT2D eigenvalue weighted by molar-refractivity contribution is 0.769. The molecule has 11 aromatic rings. The van der Waals surface area contributed by atoms with Crippen molar-refractivity contribution in [3.63, 3.8) is 0 Å². The molecule has 0 atom stereocenters. The summed E-state index contributed by atoms with van der Waals surface area (Å²) in [4.78, 5) is 10.7. The maximum absolute atomic E-state index is 5.37. The van der Waals surface area contributed by atoms with Crippen LogP contribution in [-0.2, 0) is 5.41 Å². The Labute approximate surface area is 355 Å². The summed E-state index contributed by atoms with van der Waals surface area (Å²) >= 11 is 0. The first-order valence-corrected chi connectivity index (χ1v) is 21.0. The molecule has 1 heterocycles. The molecule has 0 fully saturated rings. The molecule has 0 N–H and O–H groups in total. The van der Waals surface area contributed by atoms with Crippen LogP contribution in [0.5, 0.6) is 0 Å². The summed E-state index contributed by atoms with van der Waals surface area (Å²) in [7, 11) is 0. The van der Waals surface area contributed by atoms with E-state index in [-0.39, 0.29) is 0 Å². The molecule has 0 bridgehead atoms. The van der Waals surface area contributed by atoms with Crippen LogP contribution in [0.1, 0.15) is 22.3 Å². The van der Waals surface area contributed by atoms with Gasteiger partial charge >= 0.3 is 0 Å². The van der Waals surface area contributed by atoms with E-state index in [0.717, 1.165) is 38.9 Å². The number of fused-ring (bicyclic) bond motifs is 7. The van der Waals surface area contributed by atoms with Crippen LogP contribution in [0.4, 0.5) is 0 Å². The molecule has 0 saturated carbocycles. The molecule has 1 aliphatic carbocycles. The van der Waals surface area contributed by atoms with Gasteiger partial charge in [-0.3, -0.25) is 0 Å². The van der Waals surface area contributed by atoms with Crippen molar-refractivity contribution in [2.75, 3.05) is 0 Å². The summed E-state index contributed by atoms with van der Waals surface area (Å²) in [6.07, 6.45) is 0. The quantitative estimate of drug-likeness (QED) is 0.168. The normalized spacial score (nSPS) is 12.7. The molecule has 284 valence electrons. The summed E-state index contributed by atoms with van der Waals surface area (Å²) in [5.41, 5.74) is 14.5. The highest BCUT2D eigenvalue weighted by Gasteiger charge is 2.46. The van der Waals surface area contributed by atoms with Crippen LogP contribution >= 0.6 is 0 Å². The number of hydrogen-bond acceptors (Lipinski definition) is 2. The molecule has 2 nitrogen and oxygen atoms in total. The van der Waals surface area contributed by atoms with E-state index in [1.54, 1.807) is 0 Å². The molecule has 0 saturated heterocycles. The van der Waals surface area contributed by atoms with E-state index < -0.39 is 5.41 Å². The lowest BCUT2D eigenvalue weighted by Gasteiger charge is -2.34. The van der Waals surface area contributed by atoms with Crippen molar-refractivity contribution in [3.8, 4) is 56.2 Å². The van der Waals surface area contributed by atoms with E-state index in [1.165, 1.54) is 66.1 Å². The summed E-state index contributed by atoms with van der Waals surface area (Å²) in [6, 6.07) is 83.6. The van der Waals surface area contributed by atoms with Crippen molar-refractivity contribution >= 4 is 32.3 Å². The van der Waals surface area contributed by atoms with Crippen molar-refractivity contribution in [1.29, 1.82) is 0 Å². The molecular weight excluding hydrogens is 737 g/mol. The highest BCUT2D eigenvalue weighted by Crippen LogP contribution is 2.58.